The first kappa shape index (κ1) is 28.9. The Balaban J connectivity index is 1.29. The highest BCUT2D eigenvalue weighted by Crippen LogP contribution is 2.33. The Labute approximate surface area is 247 Å². The van der Waals surface area contributed by atoms with Crippen LogP contribution >= 0.6 is 0 Å². The van der Waals surface area contributed by atoms with Crippen LogP contribution in [0.5, 0.6) is 11.5 Å². The molecule has 0 spiro atoms. The van der Waals surface area contributed by atoms with E-state index in [0.717, 1.165) is 59.1 Å². The zero-order valence-electron chi connectivity index (χ0n) is 24.4. The third-order valence-electron chi connectivity index (χ3n) is 7.45. The van der Waals surface area contributed by atoms with Gasteiger partial charge in [-0.05, 0) is 69.4 Å². The van der Waals surface area contributed by atoms with Gasteiger partial charge in [-0.25, -0.2) is 4.98 Å². The SMILES string of the molecule is CCOc1ccccc1OC1CCCN(c2cncc(Nc3ccccc3-c3ccc(CC(C)(C)C(=O)O)cc3)n2)C1. The van der Waals surface area contributed by atoms with Crippen LogP contribution < -0.4 is 19.7 Å². The standard InChI is InChI=1S/C34H38N4O4/c1-4-41-29-13-7-8-14-30(29)42-26-10-9-19-38(23-26)32-22-35-21-31(37-32)36-28-12-6-5-11-27(28)25-17-15-24(16-18-25)20-34(2,3)33(39)40/h5-8,11-18,21-22,26H,4,9-10,19-20,23H2,1-3H3,(H,36,37)(H,39,40). The van der Waals surface area contributed by atoms with E-state index >= 15 is 0 Å². The van der Waals surface area contributed by atoms with Gasteiger partial charge in [-0.2, -0.15) is 0 Å². The lowest BCUT2D eigenvalue weighted by Gasteiger charge is -2.33. The van der Waals surface area contributed by atoms with Crippen LogP contribution in [0.2, 0.25) is 0 Å². The Kier molecular flexibility index (Phi) is 8.91. The fourth-order valence-electron chi connectivity index (χ4n) is 5.18. The Morgan fingerprint density at radius 3 is 2.52 bits per heavy atom. The molecule has 3 aromatic carbocycles. The van der Waals surface area contributed by atoms with Gasteiger partial charge >= 0.3 is 5.97 Å². The number of aromatic nitrogens is 2. The van der Waals surface area contributed by atoms with Gasteiger partial charge in [0.15, 0.2) is 17.3 Å². The van der Waals surface area contributed by atoms with Gasteiger partial charge in [0.25, 0.3) is 0 Å². The van der Waals surface area contributed by atoms with Gasteiger partial charge in [0.1, 0.15) is 11.9 Å². The molecule has 8 nitrogen and oxygen atoms in total. The maximum Gasteiger partial charge on any atom is 0.309 e. The number of aliphatic carboxylic acids is 1. The Bertz CT molecular complexity index is 1510. The van der Waals surface area contributed by atoms with Crippen LogP contribution in [0.4, 0.5) is 17.3 Å². The van der Waals surface area contributed by atoms with Crippen molar-refractivity contribution >= 4 is 23.3 Å². The zero-order valence-corrected chi connectivity index (χ0v) is 24.4. The molecular formula is C34H38N4O4. The molecule has 42 heavy (non-hydrogen) atoms. The summed E-state index contributed by atoms with van der Waals surface area (Å²) in [5.41, 5.74) is 3.13. The molecule has 1 saturated heterocycles. The lowest BCUT2D eigenvalue weighted by molar-refractivity contribution is -0.146. The van der Waals surface area contributed by atoms with Crippen LogP contribution in [0, 0.1) is 5.41 Å². The number of para-hydroxylation sites is 3. The number of ether oxygens (including phenoxy) is 2. The number of carbonyl (C=O) groups is 1. The first-order valence-electron chi connectivity index (χ1n) is 14.5. The highest BCUT2D eigenvalue weighted by Gasteiger charge is 2.27. The van der Waals surface area contributed by atoms with Gasteiger partial charge in [-0.3, -0.25) is 9.78 Å². The Hall–Kier alpha value is -4.59. The van der Waals surface area contributed by atoms with E-state index in [-0.39, 0.29) is 6.10 Å². The summed E-state index contributed by atoms with van der Waals surface area (Å²) in [6, 6.07) is 23.9. The summed E-state index contributed by atoms with van der Waals surface area (Å²) in [7, 11) is 0. The molecule has 1 aliphatic heterocycles. The van der Waals surface area contributed by atoms with E-state index in [1.165, 1.54) is 0 Å². The van der Waals surface area contributed by atoms with Crippen LogP contribution in [0.15, 0.2) is 85.2 Å². The lowest BCUT2D eigenvalue weighted by atomic mass is 9.85. The predicted molar refractivity (Wildman–Crippen MR) is 166 cm³/mol. The number of nitrogens with one attached hydrogen (secondary N) is 1. The summed E-state index contributed by atoms with van der Waals surface area (Å²) in [5, 5.41) is 12.9. The number of carboxylic acids is 1. The van der Waals surface area contributed by atoms with E-state index in [1.807, 2.05) is 73.7 Å². The topological polar surface area (TPSA) is 96.8 Å². The first-order valence-corrected chi connectivity index (χ1v) is 14.5. The molecule has 2 heterocycles. The fraction of sp³-hybridized carbons (Fsp3) is 0.324. The quantitative estimate of drug-likeness (QED) is 0.201. The average Bonchev–Trinajstić information content (AvgIpc) is 2.99. The molecule has 1 aliphatic rings. The van der Waals surface area contributed by atoms with Gasteiger partial charge < -0.3 is 24.8 Å². The van der Waals surface area contributed by atoms with Crippen molar-refractivity contribution in [3.05, 3.63) is 90.8 Å². The number of piperidine rings is 1. The lowest BCUT2D eigenvalue weighted by Crippen LogP contribution is -2.41. The van der Waals surface area contributed by atoms with E-state index in [1.54, 1.807) is 26.2 Å². The highest BCUT2D eigenvalue weighted by atomic mass is 16.5. The van der Waals surface area contributed by atoms with E-state index < -0.39 is 11.4 Å². The molecule has 8 heteroatoms. The van der Waals surface area contributed by atoms with Crippen molar-refractivity contribution < 1.29 is 19.4 Å². The number of hydrogen-bond acceptors (Lipinski definition) is 7. The van der Waals surface area contributed by atoms with Crippen molar-refractivity contribution in [2.24, 2.45) is 5.41 Å². The van der Waals surface area contributed by atoms with Crippen LogP contribution in [0.1, 0.15) is 39.2 Å². The largest absolute Gasteiger partial charge is 0.490 e. The number of nitrogens with zero attached hydrogens (tertiary/aromatic N) is 3. The van der Waals surface area contributed by atoms with E-state index in [9.17, 15) is 9.90 Å². The number of benzene rings is 3. The third kappa shape index (κ3) is 7.00. The number of carboxylic acid groups (broad SMARTS) is 1. The number of hydrogen-bond donors (Lipinski definition) is 2. The molecule has 4 aromatic rings. The van der Waals surface area contributed by atoms with Crippen LogP contribution in [-0.4, -0.2) is 46.8 Å². The smallest absolute Gasteiger partial charge is 0.309 e. The van der Waals surface area contributed by atoms with E-state index in [0.29, 0.717) is 25.4 Å². The maximum atomic E-state index is 11.5. The Morgan fingerprint density at radius 2 is 1.76 bits per heavy atom. The summed E-state index contributed by atoms with van der Waals surface area (Å²) < 4.78 is 12.1. The van der Waals surface area contributed by atoms with Crippen molar-refractivity contribution in [2.45, 2.75) is 46.1 Å². The summed E-state index contributed by atoms with van der Waals surface area (Å²) >= 11 is 0. The van der Waals surface area contributed by atoms with Gasteiger partial charge in [0, 0.05) is 17.8 Å². The molecule has 1 fully saturated rings. The average molecular weight is 567 g/mol. The van der Waals surface area contributed by atoms with E-state index in [4.69, 9.17) is 14.5 Å². The van der Waals surface area contributed by atoms with Crippen molar-refractivity contribution in [1.82, 2.24) is 9.97 Å². The molecule has 1 unspecified atom stereocenters. The minimum atomic E-state index is -0.820. The highest BCUT2D eigenvalue weighted by molar-refractivity contribution is 5.80. The van der Waals surface area contributed by atoms with Crippen molar-refractivity contribution in [2.75, 3.05) is 29.9 Å². The second-order valence-electron chi connectivity index (χ2n) is 11.2. The summed E-state index contributed by atoms with van der Waals surface area (Å²) in [6.07, 6.45) is 5.96. The van der Waals surface area contributed by atoms with E-state index in [2.05, 4.69) is 21.3 Å². The molecule has 5 rings (SSSR count). The number of rotatable bonds is 11. The van der Waals surface area contributed by atoms with Gasteiger partial charge in [0.2, 0.25) is 0 Å². The monoisotopic (exact) mass is 566 g/mol. The van der Waals surface area contributed by atoms with Crippen molar-refractivity contribution in [1.29, 1.82) is 0 Å². The zero-order chi connectivity index (χ0) is 29.5. The second-order valence-corrected chi connectivity index (χ2v) is 11.2. The first-order chi connectivity index (χ1) is 20.3. The van der Waals surface area contributed by atoms with Crippen LogP contribution in [0.3, 0.4) is 0 Å². The number of anilines is 3. The molecule has 2 N–H and O–H groups in total. The summed E-state index contributed by atoms with van der Waals surface area (Å²) in [5.74, 6) is 2.19. The van der Waals surface area contributed by atoms with Gasteiger partial charge in [-0.1, -0.05) is 54.6 Å². The third-order valence-corrected chi connectivity index (χ3v) is 7.45. The minimum absolute atomic E-state index is 0.0172. The van der Waals surface area contributed by atoms with Crippen molar-refractivity contribution in [3.63, 3.8) is 0 Å². The molecule has 0 bridgehead atoms. The van der Waals surface area contributed by atoms with Gasteiger partial charge in [-0.15, -0.1) is 0 Å². The molecular weight excluding hydrogens is 528 g/mol. The van der Waals surface area contributed by atoms with Crippen LogP contribution in [-0.2, 0) is 11.2 Å². The Morgan fingerprint density at radius 1 is 1.02 bits per heavy atom. The minimum Gasteiger partial charge on any atom is -0.490 e. The molecule has 218 valence electrons. The predicted octanol–water partition coefficient (Wildman–Crippen LogP) is 6.99. The molecule has 0 saturated carbocycles. The van der Waals surface area contributed by atoms with Gasteiger partial charge in [0.05, 0.1) is 31.0 Å². The summed E-state index contributed by atoms with van der Waals surface area (Å²) in [4.78, 5) is 23.2. The van der Waals surface area contributed by atoms with Crippen LogP contribution in [0.25, 0.3) is 11.1 Å². The molecule has 1 aromatic heterocycles. The van der Waals surface area contributed by atoms with Crippen molar-refractivity contribution in [3.8, 4) is 22.6 Å². The maximum absolute atomic E-state index is 11.5. The fourth-order valence-corrected chi connectivity index (χ4v) is 5.18. The molecule has 1 atom stereocenters. The molecule has 0 amide bonds. The normalized spacial score (nSPS) is 15.2. The molecule has 0 aliphatic carbocycles. The molecule has 0 radical (unpaired) electrons. The summed E-state index contributed by atoms with van der Waals surface area (Å²) in [6.45, 7) is 7.64. The second kappa shape index (κ2) is 12.9.